The molecule has 0 aromatic heterocycles. The quantitative estimate of drug-likeness (QED) is 0.718. The van der Waals surface area contributed by atoms with Crippen molar-refractivity contribution in [1.29, 1.82) is 0 Å². The molecule has 2 rings (SSSR count). The molecule has 1 aromatic rings. The van der Waals surface area contributed by atoms with Crippen LogP contribution in [0.4, 0.5) is 0 Å². The van der Waals surface area contributed by atoms with Crippen molar-refractivity contribution in [1.82, 2.24) is 5.32 Å². The molecule has 1 N–H and O–H groups in total. The molecule has 0 bridgehead atoms. The zero-order valence-electron chi connectivity index (χ0n) is 10.5. The van der Waals surface area contributed by atoms with Gasteiger partial charge in [-0.1, -0.05) is 28.8 Å². The van der Waals surface area contributed by atoms with E-state index in [-0.39, 0.29) is 11.3 Å². The first-order chi connectivity index (χ1) is 9.08. The second kappa shape index (κ2) is 7.09. The first kappa shape index (κ1) is 15.3. The molecule has 2 atom stereocenters. The van der Waals surface area contributed by atoms with Gasteiger partial charge in [0.15, 0.2) is 0 Å². The molecule has 1 aliphatic rings. The van der Waals surface area contributed by atoms with Crippen LogP contribution in [0.25, 0.3) is 0 Å². The Hall–Kier alpha value is -0.0600. The molecule has 1 amide bonds. The van der Waals surface area contributed by atoms with Crippen molar-refractivity contribution in [2.45, 2.75) is 31.1 Å². The number of carbonyl (C=O) groups is 1. The number of hydrogen-bond donors (Lipinski definition) is 1. The SMILES string of the molecule is O=C(NCC1CCCCC1Cl)c1ccc(Br)cc1Br. The number of benzene rings is 1. The Labute approximate surface area is 135 Å². The van der Waals surface area contributed by atoms with E-state index < -0.39 is 0 Å². The van der Waals surface area contributed by atoms with Gasteiger partial charge in [0.05, 0.1) is 5.56 Å². The fraction of sp³-hybridized carbons (Fsp3) is 0.500. The molecule has 2 nitrogen and oxygen atoms in total. The summed E-state index contributed by atoms with van der Waals surface area (Å²) in [5.74, 6) is 0.349. The normalized spacial score (nSPS) is 23.1. The maximum Gasteiger partial charge on any atom is 0.252 e. The highest BCUT2D eigenvalue weighted by Crippen LogP contribution is 2.28. The molecule has 19 heavy (non-hydrogen) atoms. The Morgan fingerprint density at radius 1 is 1.32 bits per heavy atom. The number of alkyl halides is 1. The van der Waals surface area contributed by atoms with Gasteiger partial charge in [0.25, 0.3) is 5.91 Å². The zero-order chi connectivity index (χ0) is 13.8. The van der Waals surface area contributed by atoms with Crippen LogP contribution in [0, 0.1) is 5.92 Å². The Kier molecular flexibility index (Phi) is 5.72. The highest BCUT2D eigenvalue weighted by molar-refractivity contribution is 9.11. The van der Waals surface area contributed by atoms with E-state index in [9.17, 15) is 4.79 Å². The lowest BCUT2D eigenvalue weighted by Gasteiger charge is -2.27. The number of nitrogens with one attached hydrogen (secondary N) is 1. The van der Waals surface area contributed by atoms with Crippen LogP contribution < -0.4 is 5.32 Å². The van der Waals surface area contributed by atoms with Gasteiger partial charge in [-0.3, -0.25) is 4.79 Å². The van der Waals surface area contributed by atoms with Crippen molar-refractivity contribution in [2.24, 2.45) is 5.92 Å². The number of carbonyl (C=O) groups excluding carboxylic acids is 1. The second-order valence-corrected chi connectivity index (χ2v) is 7.23. The molecule has 0 heterocycles. The average molecular weight is 410 g/mol. The summed E-state index contributed by atoms with van der Waals surface area (Å²) in [6.07, 6.45) is 4.59. The molecule has 0 radical (unpaired) electrons. The van der Waals surface area contributed by atoms with Gasteiger partial charge in [0.1, 0.15) is 0 Å². The first-order valence-electron chi connectivity index (χ1n) is 6.45. The Morgan fingerprint density at radius 2 is 2.05 bits per heavy atom. The largest absolute Gasteiger partial charge is 0.352 e. The molecule has 2 unspecified atom stereocenters. The lowest BCUT2D eigenvalue weighted by atomic mass is 9.88. The summed E-state index contributed by atoms with van der Waals surface area (Å²) in [7, 11) is 0. The van der Waals surface area contributed by atoms with Gasteiger partial charge in [0, 0.05) is 20.9 Å². The summed E-state index contributed by atoms with van der Waals surface area (Å²) in [5, 5.41) is 3.19. The standard InChI is InChI=1S/C14H16Br2ClNO/c15-10-5-6-11(12(16)7-10)14(19)18-8-9-3-1-2-4-13(9)17/h5-7,9,13H,1-4,8H2,(H,18,19). The van der Waals surface area contributed by atoms with E-state index in [1.165, 1.54) is 12.8 Å². The van der Waals surface area contributed by atoms with Gasteiger partial charge in [0.2, 0.25) is 0 Å². The van der Waals surface area contributed by atoms with Crippen molar-refractivity contribution >= 4 is 49.4 Å². The Balaban J connectivity index is 1.93. The summed E-state index contributed by atoms with van der Waals surface area (Å²) in [4.78, 5) is 12.1. The summed E-state index contributed by atoms with van der Waals surface area (Å²) < 4.78 is 1.74. The topological polar surface area (TPSA) is 29.1 Å². The minimum absolute atomic E-state index is 0.0474. The first-order valence-corrected chi connectivity index (χ1v) is 8.47. The van der Waals surface area contributed by atoms with Crippen molar-refractivity contribution < 1.29 is 4.79 Å². The van der Waals surface area contributed by atoms with Gasteiger partial charge in [-0.15, -0.1) is 11.6 Å². The van der Waals surface area contributed by atoms with E-state index in [4.69, 9.17) is 11.6 Å². The lowest BCUT2D eigenvalue weighted by Crippen LogP contribution is -2.34. The van der Waals surface area contributed by atoms with Crippen LogP contribution >= 0.6 is 43.5 Å². The van der Waals surface area contributed by atoms with Crippen LogP contribution in [-0.4, -0.2) is 17.8 Å². The van der Waals surface area contributed by atoms with E-state index in [1.807, 2.05) is 18.2 Å². The molecule has 0 saturated heterocycles. The minimum atomic E-state index is -0.0474. The van der Waals surface area contributed by atoms with Crippen LogP contribution in [-0.2, 0) is 0 Å². The van der Waals surface area contributed by atoms with Gasteiger partial charge >= 0.3 is 0 Å². The third kappa shape index (κ3) is 4.20. The lowest BCUT2D eigenvalue weighted by molar-refractivity contribution is 0.0943. The summed E-state index contributed by atoms with van der Waals surface area (Å²) >= 11 is 13.1. The Bertz CT molecular complexity index is 467. The molecule has 0 aliphatic heterocycles. The molecule has 1 aromatic carbocycles. The van der Waals surface area contributed by atoms with Gasteiger partial charge in [-0.25, -0.2) is 0 Å². The van der Waals surface area contributed by atoms with Crippen LogP contribution in [0.3, 0.4) is 0 Å². The number of hydrogen-bond acceptors (Lipinski definition) is 1. The third-order valence-electron chi connectivity index (χ3n) is 3.52. The van der Waals surface area contributed by atoms with Crippen LogP contribution in [0.15, 0.2) is 27.1 Å². The third-order valence-corrected chi connectivity index (χ3v) is 5.24. The Morgan fingerprint density at radius 3 is 2.74 bits per heavy atom. The fourth-order valence-corrected chi connectivity index (χ4v) is 3.98. The molecular formula is C14H16Br2ClNO. The molecule has 1 fully saturated rings. The van der Waals surface area contributed by atoms with Crippen LogP contribution in [0.2, 0.25) is 0 Å². The van der Waals surface area contributed by atoms with Crippen molar-refractivity contribution in [2.75, 3.05) is 6.54 Å². The van der Waals surface area contributed by atoms with Crippen LogP contribution in [0.5, 0.6) is 0 Å². The highest BCUT2D eigenvalue weighted by Gasteiger charge is 2.23. The number of halogens is 3. The van der Waals surface area contributed by atoms with Crippen molar-refractivity contribution in [3.05, 3.63) is 32.7 Å². The average Bonchev–Trinajstić information content (AvgIpc) is 2.37. The number of rotatable bonds is 3. The fourth-order valence-electron chi connectivity index (χ4n) is 2.38. The maximum absolute atomic E-state index is 12.1. The highest BCUT2D eigenvalue weighted by atomic mass is 79.9. The summed E-state index contributed by atoms with van der Waals surface area (Å²) in [6, 6.07) is 5.55. The predicted molar refractivity (Wildman–Crippen MR) is 85.8 cm³/mol. The van der Waals surface area contributed by atoms with Gasteiger partial charge < -0.3 is 5.32 Å². The minimum Gasteiger partial charge on any atom is -0.352 e. The van der Waals surface area contributed by atoms with E-state index in [0.717, 1.165) is 21.8 Å². The second-order valence-electron chi connectivity index (χ2n) is 4.89. The maximum atomic E-state index is 12.1. The van der Waals surface area contributed by atoms with E-state index in [0.29, 0.717) is 18.0 Å². The molecule has 104 valence electrons. The van der Waals surface area contributed by atoms with E-state index >= 15 is 0 Å². The molecular weight excluding hydrogens is 393 g/mol. The molecule has 0 spiro atoms. The van der Waals surface area contributed by atoms with Gasteiger partial charge in [-0.2, -0.15) is 0 Å². The van der Waals surface area contributed by atoms with Crippen molar-refractivity contribution in [3.63, 3.8) is 0 Å². The zero-order valence-corrected chi connectivity index (χ0v) is 14.4. The molecule has 1 aliphatic carbocycles. The number of amides is 1. The van der Waals surface area contributed by atoms with Gasteiger partial charge in [-0.05, 0) is 52.9 Å². The van der Waals surface area contributed by atoms with E-state index in [1.54, 1.807) is 0 Å². The monoisotopic (exact) mass is 407 g/mol. The smallest absolute Gasteiger partial charge is 0.252 e. The summed E-state index contributed by atoms with van der Waals surface area (Å²) in [5.41, 5.74) is 0.658. The predicted octanol–water partition coefficient (Wildman–Crippen LogP) is 4.74. The summed E-state index contributed by atoms with van der Waals surface area (Å²) in [6.45, 7) is 0.662. The van der Waals surface area contributed by atoms with Crippen molar-refractivity contribution in [3.8, 4) is 0 Å². The molecule has 5 heteroatoms. The van der Waals surface area contributed by atoms with E-state index in [2.05, 4.69) is 37.2 Å². The molecule has 1 saturated carbocycles. The van der Waals surface area contributed by atoms with Crippen LogP contribution in [0.1, 0.15) is 36.0 Å².